The Bertz CT molecular complexity index is 463. The minimum Gasteiger partial charge on any atom is -0.389 e. The molecule has 0 aliphatic rings. The number of nitrogens with zero attached hydrogens (tertiary/aromatic N) is 1. The van der Waals surface area contributed by atoms with E-state index in [1.54, 1.807) is 12.1 Å². The highest BCUT2D eigenvalue weighted by Crippen LogP contribution is 2.27. The highest BCUT2D eigenvalue weighted by molar-refractivity contribution is 7.80. The van der Waals surface area contributed by atoms with Crippen molar-refractivity contribution in [3.8, 4) is 0 Å². The van der Waals surface area contributed by atoms with Gasteiger partial charge in [0.05, 0.1) is 5.02 Å². The molecule has 1 aromatic carbocycles. The zero-order chi connectivity index (χ0) is 14.6. The second-order valence-corrected chi connectivity index (χ2v) is 4.91. The Morgan fingerprint density at radius 2 is 2.05 bits per heavy atom. The lowest BCUT2D eigenvalue weighted by molar-refractivity contribution is -0.119. The van der Waals surface area contributed by atoms with Crippen molar-refractivity contribution in [2.45, 2.75) is 19.5 Å². The van der Waals surface area contributed by atoms with Crippen LogP contribution in [0.2, 0.25) is 5.02 Å². The molecule has 0 heterocycles. The molecule has 106 valence electrons. The molecule has 0 aromatic heterocycles. The topological polar surface area (TPSA) is 29.3 Å². The van der Waals surface area contributed by atoms with E-state index >= 15 is 0 Å². The molecule has 1 rings (SSSR count). The molecule has 0 atom stereocenters. The molecule has 0 radical (unpaired) electrons. The molecule has 1 aromatic rings. The van der Waals surface area contributed by atoms with Crippen LogP contribution >= 0.6 is 23.8 Å². The number of hydrogen-bond acceptors (Lipinski definition) is 2. The lowest BCUT2D eigenvalue weighted by Gasteiger charge is -2.26. The molecule has 0 fully saturated rings. The maximum Gasteiger partial charge on any atom is 0.405 e. The third kappa shape index (κ3) is 4.87. The number of hydrogen-bond donors (Lipinski definition) is 1. The van der Waals surface area contributed by atoms with Crippen LogP contribution in [0.15, 0.2) is 18.2 Å². The molecular weight excluding hydrogens is 297 g/mol. The van der Waals surface area contributed by atoms with E-state index < -0.39 is 12.7 Å². The fourth-order valence-corrected chi connectivity index (χ4v) is 2.20. The maximum atomic E-state index is 12.5. The zero-order valence-corrected chi connectivity index (χ0v) is 11.9. The summed E-state index contributed by atoms with van der Waals surface area (Å²) in [6.07, 6.45) is -3.66. The van der Waals surface area contributed by atoms with Crippen molar-refractivity contribution in [1.82, 2.24) is 0 Å². The van der Waals surface area contributed by atoms with Crippen molar-refractivity contribution >= 4 is 34.5 Å². The van der Waals surface area contributed by atoms with Crippen LogP contribution in [0.3, 0.4) is 0 Å². The standard InChI is InChI=1S/C12H14ClF3N2S/c1-2-5-18(7-12(14,15)16)8-3-4-9(11(17)19)10(13)6-8/h3-4,6H,2,5,7H2,1H3,(H2,17,19). The van der Waals surface area contributed by atoms with Gasteiger partial charge in [0.15, 0.2) is 0 Å². The van der Waals surface area contributed by atoms with E-state index in [0.29, 0.717) is 24.2 Å². The first-order valence-electron chi connectivity index (χ1n) is 5.65. The summed E-state index contributed by atoms with van der Waals surface area (Å²) in [5.41, 5.74) is 6.32. The molecule has 2 nitrogen and oxygen atoms in total. The summed E-state index contributed by atoms with van der Waals surface area (Å²) in [6, 6.07) is 4.54. The van der Waals surface area contributed by atoms with E-state index in [1.165, 1.54) is 11.0 Å². The summed E-state index contributed by atoms with van der Waals surface area (Å²) in [7, 11) is 0. The number of halogens is 4. The lowest BCUT2D eigenvalue weighted by atomic mass is 10.2. The van der Waals surface area contributed by atoms with Crippen LogP contribution in [0, 0.1) is 0 Å². The van der Waals surface area contributed by atoms with Crippen LogP contribution in [-0.2, 0) is 0 Å². The van der Waals surface area contributed by atoms with E-state index in [-0.39, 0.29) is 10.0 Å². The van der Waals surface area contributed by atoms with Gasteiger partial charge in [-0.3, -0.25) is 0 Å². The first-order chi connectivity index (χ1) is 8.74. The Kier molecular flexibility index (Phi) is 5.43. The van der Waals surface area contributed by atoms with Gasteiger partial charge in [-0.05, 0) is 24.6 Å². The van der Waals surface area contributed by atoms with Crippen LogP contribution in [0.4, 0.5) is 18.9 Å². The highest BCUT2D eigenvalue weighted by atomic mass is 35.5. The van der Waals surface area contributed by atoms with Gasteiger partial charge in [-0.15, -0.1) is 0 Å². The van der Waals surface area contributed by atoms with Gasteiger partial charge in [0.25, 0.3) is 0 Å². The second-order valence-electron chi connectivity index (χ2n) is 4.07. The number of nitrogens with two attached hydrogens (primary N) is 1. The highest BCUT2D eigenvalue weighted by Gasteiger charge is 2.30. The smallest absolute Gasteiger partial charge is 0.389 e. The molecule has 0 aliphatic heterocycles. The maximum absolute atomic E-state index is 12.5. The molecular formula is C12H14ClF3N2S. The fourth-order valence-electron chi connectivity index (χ4n) is 1.69. The third-order valence-corrected chi connectivity index (χ3v) is 2.98. The Hall–Kier alpha value is -1.01. The van der Waals surface area contributed by atoms with Crippen LogP contribution in [0.5, 0.6) is 0 Å². The monoisotopic (exact) mass is 310 g/mol. The predicted molar refractivity (Wildman–Crippen MR) is 75.9 cm³/mol. The number of rotatable bonds is 5. The Morgan fingerprint density at radius 1 is 1.42 bits per heavy atom. The largest absolute Gasteiger partial charge is 0.405 e. The molecule has 0 spiro atoms. The Morgan fingerprint density at radius 3 is 2.47 bits per heavy atom. The van der Waals surface area contributed by atoms with Crippen molar-refractivity contribution in [2.75, 3.05) is 18.0 Å². The van der Waals surface area contributed by atoms with Gasteiger partial charge in [0, 0.05) is 17.8 Å². The average molecular weight is 311 g/mol. The molecule has 0 aliphatic carbocycles. The first kappa shape index (κ1) is 16.0. The lowest BCUT2D eigenvalue weighted by Crippen LogP contribution is -2.34. The SMILES string of the molecule is CCCN(CC(F)(F)F)c1ccc(C(N)=S)c(Cl)c1. The first-order valence-corrected chi connectivity index (χ1v) is 6.44. The second kappa shape index (κ2) is 6.43. The summed E-state index contributed by atoms with van der Waals surface area (Å²) < 4.78 is 37.5. The summed E-state index contributed by atoms with van der Waals surface area (Å²) in [6.45, 7) is 1.10. The summed E-state index contributed by atoms with van der Waals surface area (Å²) >= 11 is 10.8. The molecule has 2 N–H and O–H groups in total. The van der Waals surface area contributed by atoms with E-state index in [2.05, 4.69) is 0 Å². The molecule has 0 saturated carbocycles. The van der Waals surface area contributed by atoms with Crippen molar-refractivity contribution in [1.29, 1.82) is 0 Å². The van der Waals surface area contributed by atoms with Gasteiger partial charge >= 0.3 is 6.18 Å². The number of anilines is 1. The number of benzene rings is 1. The summed E-state index contributed by atoms with van der Waals surface area (Å²) in [5, 5.41) is 0.258. The minimum atomic E-state index is -4.26. The van der Waals surface area contributed by atoms with Gasteiger partial charge in [-0.1, -0.05) is 30.7 Å². The van der Waals surface area contributed by atoms with Crippen LogP contribution in [0.25, 0.3) is 0 Å². The Balaban J connectivity index is 3.03. The molecule has 0 bridgehead atoms. The minimum absolute atomic E-state index is 0.120. The number of thiocarbonyl (C=S) groups is 1. The van der Waals surface area contributed by atoms with Gasteiger partial charge in [-0.2, -0.15) is 13.2 Å². The van der Waals surface area contributed by atoms with Crippen molar-refractivity contribution < 1.29 is 13.2 Å². The Labute approximate surface area is 120 Å². The predicted octanol–water partition coefficient (Wildman–Crippen LogP) is 3.75. The zero-order valence-electron chi connectivity index (χ0n) is 10.3. The van der Waals surface area contributed by atoms with Crippen molar-refractivity contribution in [3.63, 3.8) is 0 Å². The average Bonchev–Trinajstić information content (AvgIpc) is 2.26. The fraction of sp³-hybridized carbons (Fsp3) is 0.417. The van der Waals surface area contributed by atoms with E-state index in [1.807, 2.05) is 6.92 Å². The van der Waals surface area contributed by atoms with E-state index in [9.17, 15) is 13.2 Å². The van der Waals surface area contributed by atoms with Crippen LogP contribution in [0.1, 0.15) is 18.9 Å². The molecule has 0 unspecified atom stereocenters. The van der Waals surface area contributed by atoms with Crippen molar-refractivity contribution in [3.05, 3.63) is 28.8 Å². The van der Waals surface area contributed by atoms with Crippen LogP contribution in [-0.4, -0.2) is 24.3 Å². The molecule has 19 heavy (non-hydrogen) atoms. The number of alkyl halides is 3. The van der Waals surface area contributed by atoms with Crippen LogP contribution < -0.4 is 10.6 Å². The van der Waals surface area contributed by atoms with E-state index in [4.69, 9.17) is 29.6 Å². The third-order valence-electron chi connectivity index (χ3n) is 2.45. The molecule has 7 heteroatoms. The molecule has 0 amide bonds. The van der Waals surface area contributed by atoms with E-state index in [0.717, 1.165) is 0 Å². The van der Waals surface area contributed by atoms with Gasteiger partial charge in [0.1, 0.15) is 11.5 Å². The van der Waals surface area contributed by atoms with Gasteiger partial charge < -0.3 is 10.6 Å². The summed E-state index contributed by atoms with van der Waals surface area (Å²) in [5.74, 6) is 0. The molecule has 0 saturated heterocycles. The van der Waals surface area contributed by atoms with Gasteiger partial charge in [-0.25, -0.2) is 0 Å². The summed E-state index contributed by atoms with van der Waals surface area (Å²) in [4.78, 5) is 1.35. The van der Waals surface area contributed by atoms with Gasteiger partial charge in [0.2, 0.25) is 0 Å². The van der Waals surface area contributed by atoms with Crippen molar-refractivity contribution in [2.24, 2.45) is 5.73 Å². The normalized spacial score (nSPS) is 11.4. The quantitative estimate of drug-likeness (QED) is 0.840.